The van der Waals surface area contributed by atoms with E-state index in [1.165, 1.54) is 13.0 Å². The van der Waals surface area contributed by atoms with E-state index in [2.05, 4.69) is 0 Å². The van der Waals surface area contributed by atoms with Crippen LogP contribution in [0.25, 0.3) is 0 Å². The van der Waals surface area contributed by atoms with Crippen LogP contribution in [0.5, 0.6) is 0 Å². The summed E-state index contributed by atoms with van der Waals surface area (Å²) >= 11 is 0. The van der Waals surface area contributed by atoms with E-state index in [1.54, 1.807) is 55.5 Å². The number of cyclic esters (lactones) is 1. The van der Waals surface area contributed by atoms with Crippen molar-refractivity contribution in [2.24, 2.45) is 5.92 Å². The summed E-state index contributed by atoms with van der Waals surface area (Å²) in [7, 11) is 0. The van der Waals surface area contributed by atoms with Gasteiger partial charge in [-0.1, -0.05) is 80.9 Å². The Kier molecular flexibility index (Phi) is 21.1. The lowest BCUT2D eigenvalue weighted by Crippen LogP contribution is -2.43. The molecule has 0 aromatic carbocycles. The Labute approximate surface area is 273 Å². The smallest absolute Gasteiger partial charge is 0.314 e. The van der Waals surface area contributed by atoms with Crippen LogP contribution in [0.3, 0.4) is 0 Å². The number of carbonyl (C=O) groups excluding carboxylic acids is 1. The zero-order chi connectivity index (χ0) is 34.6. The molecular formula is C35H58O11. The van der Waals surface area contributed by atoms with Crippen LogP contribution >= 0.6 is 0 Å². The predicted molar refractivity (Wildman–Crippen MR) is 175 cm³/mol. The van der Waals surface area contributed by atoms with Crippen LogP contribution in [0.15, 0.2) is 60.3 Å². The number of ether oxygens (including phenoxy) is 1. The van der Waals surface area contributed by atoms with Gasteiger partial charge in [-0.2, -0.15) is 0 Å². The monoisotopic (exact) mass is 654 g/mol. The number of unbranched alkanes of at least 4 members (excludes halogenated alkanes) is 2. The third-order valence-electron chi connectivity index (χ3n) is 8.03. The highest BCUT2D eigenvalue weighted by molar-refractivity contribution is 5.74. The fourth-order valence-electron chi connectivity index (χ4n) is 5.27. The second-order valence-electron chi connectivity index (χ2n) is 12.4. The van der Waals surface area contributed by atoms with E-state index in [4.69, 9.17) is 4.74 Å². The van der Waals surface area contributed by atoms with Gasteiger partial charge >= 0.3 is 5.97 Å². The molecule has 9 N–H and O–H groups in total. The molecule has 0 saturated heterocycles. The summed E-state index contributed by atoms with van der Waals surface area (Å²) < 4.78 is 5.42. The predicted octanol–water partition coefficient (Wildman–Crippen LogP) is 1.89. The molecule has 264 valence electrons. The van der Waals surface area contributed by atoms with Crippen LogP contribution in [0, 0.1) is 5.92 Å². The molecule has 1 rings (SSSR count). The number of esters is 1. The number of aliphatic hydroxyl groups is 9. The highest BCUT2D eigenvalue weighted by Crippen LogP contribution is 2.24. The summed E-state index contributed by atoms with van der Waals surface area (Å²) in [6, 6.07) is 0. The molecule has 11 unspecified atom stereocenters. The van der Waals surface area contributed by atoms with Gasteiger partial charge in [0, 0.05) is 12.8 Å². The van der Waals surface area contributed by atoms with E-state index in [-0.39, 0.29) is 44.9 Å². The van der Waals surface area contributed by atoms with E-state index in [0.717, 1.165) is 12.8 Å². The van der Waals surface area contributed by atoms with Gasteiger partial charge in [0.1, 0.15) is 18.1 Å². The Morgan fingerprint density at radius 1 is 0.717 bits per heavy atom. The molecule has 0 fully saturated rings. The van der Waals surface area contributed by atoms with Gasteiger partial charge in [0.2, 0.25) is 0 Å². The number of carbonyl (C=O) groups is 1. The Morgan fingerprint density at radius 2 is 1.20 bits per heavy atom. The third-order valence-corrected chi connectivity index (χ3v) is 8.03. The minimum Gasteiger partial charge on any atom is -0.459 e. The molecule has 1 heterocycles. The van der Waals surface area contributed by atoms with Crippen molar-refractivity contribution in [1.29, 1.82) is 0 Å². The van der Waals surface area contributed by atoms with Crippen molar-refractivity contribution in [2.45, 2.75) is 146 Å². The highest BCUT2D eigenvalue weighted by Gasteiger charge is 2.37. The molecule has 0 aromatic rings. The van der Waals surface area contributed by atoms with Gasteiger partial charge in [-0.25, -0.2) is 0 Å². The molecule has 1 aliphatic rings. The van der Waals surface area contributed by atoms with Crippen molar-refractivity contribution in [2.75, 3.05) is 0 Å². The number of rotatable bonds is 5. The van der Waals surface area contributed by atoms with Crippen LogP contribution < -0.4 is 0 Å². The number of aliphatic hydroxyl groups excluding tert-OH is 9. The molecule has 0 spiro atoms. The minimum absolute atomic E-state index is 0.0162. The Bertz CT molecular complexity index is 991. The van der Waals surface area contributed by atoms with Crippen molar-refractivity contribution in [3.05, 3.63) is 60.3 Å². The van der Waals surface area contributed by atoms with Crippen LogP contribution in [-0.2, 0) is 9.53 Å². The van der Waals surface area contributed by atoms with E-state index in [1.807, 2.05) is 6.92 Å². The van der Waals surface area contributed by atoms with E-state index in [0.29, 0.717) is 12.0 Å². The van der Waals surface area contributed by atoms with Gasteiger partial charge in [0.15, 0.2) is 0 Å². The first-order valence-electron chi connectivity index (χ1n) is 16.4. The molecule has 11 atom stereocenters. The van der Waals surface area contributed by atoms with Gasteiger partial charge in [0.05, 0.1) is 48.8 Å². The lowest BCUT2D eigenvalue weighted by Gasteiger charge is -2.29. The topological polar surface area (TPSA) is 208 Å². The molecule has 1 aliphatic heterocycles. The lowest BCUT2D eigenvalue weighted by molar-refractivity contribution is -0.168. The van der Waals surface area contributed by atoms with Gasteiger partial charge in [-0.05, 0) is 51.5 Å². The van der Waals surface area contributed by atoms with E-state index < -0.39 is 72.9 Å². The molecule has 0 saturated carbocycles. The first-order chi connectivity index (χ1) is 21.7. The van der Waals surface area contributed by atoms with Crippen LogP contribution in [0.1, 0.15) is 85.0 Å². The van der Waals surface area contributed by atoms with Crippen LogP contribution in [-0.4, -0.2) is 113 Å². The standard InChI is InChI=1S/C35H58O11/c1-4-5-11-16-31(42)34-33(44)22-29(40)20-27(38)18-25(36)17-26(37)19-28(39)21-32(43)23(2)14-12-9-7-6-8-10-13-15-30(41)24(3)46-35(34)45/h6-10,12-15,24-34,36-44H,4-5,11,16-22H2,1-3H3/b7-6+,10-8+,12-9+,15-13+,23-14-. The summed E-state index contributed by atoms with van der Waals surface area (Å²) in [4.78, 5) is 13.1. The number of allylic oxidation sites excluding steroid dienone is 8. The summed E-state index contributed by atoms with van der Waals surface area (Å²) in [5, 5.41) is 94.8. The molecule has 0 aliphatic carbocycles. The fourth-order valence-corrected chi connectivity index (χ4v) is 5.27. The quantitative estimate of drug-likeness (QED) is 0.154. The number of hydrogen-bond acceptors (Lipinski definition) is 11. The maximum Gasteiger partial charge on any atom is 0.314 e. The molecule has 0 bridgehead atoms. The summed E-state index contributed by atoms with van der Waals surface area (Å²) in [5.74, 6) is -2.33. The van der Waals surface area contributed by atoms with Crippen molar-refractivity contribution in [1.82, 2.24) is 0 Å². The molecule has 0 radical (unpaired) electrons. The third kappa shape index (κ3) is 17.7. The van der Waals surface area contributed by atoms with Crippen molar-refractivity contribution in [3.8, 4) is 0 Å². The van der Waals surface area contributed by atoms with Crippen molar-refractivity contribution < 1.29 is 55.5 Å². The zero-order valence-corrected chi connectivity index (χ0v) is 27.5. The van der Waals surface area contributed by atoms with Gasteiger partial charge in [-0.3, -0.25) is 4.79 Å². The second kappa shape index (κ2) is 23.2. The lowest BCUT2D eigenvalue weighted by atomic mass is 9.87. The Balaban J connectivity index is 3.14. The molecule has 0 amide bonds. The highest BCUT2D eigenvalue weighted by atomic mass is 16.6. The fraction of sp³-hybridized carbons (Fsp3) is 0.686. The van der Waals surface area contributed by atoms with Crippen LogP contribution in [0.4, 0.5) is 0 Å². The first kappa shape index (κ1) is 41.8. The Hall–Kier alpha value is -2.19. The second-order valence-corrected chi connectivity index (χ2v) is 12.4. The molecule has 11 nitrogen and oxygen atoms in total. The van der Waals surface area contributed by atoms with E-state index in [9.17, 15) is 50.8 Å². The van der Waals surface area contributed by atoms with Crippen LogP contribution in [0.2, 0.25) is 0 Å². The summed E-state index contributed by atoms with van der Waals surface area (Å²) in [6.45, 7) is 5.18. The molecule has 0 aromatic heterocycles. The largest absolute Gasteiger partial charge is 0.459 e. The minimum atomic E-state index is -1.52. The average Bonchev–Trinajstić information content (AvgIpc) is 2.94. The first-order valence-corrected chi connectivity index (χ1v) is 16.4. The zero-order valence-electron chi connectivity index (χ0n) is 27.5. The summed E-state index contributed by atoms with van der Waals surface area (Å²) in [5.41, 5.74) is 0.609. The van der Waals surface area contributed by atoms with Crippen molar-refractivity contribution in [3.63, 3.8) is 0 Å². The molecule has 11 heteroatoms. The molecular weight excluding hydrogens is 596 g/mol. The Morgan fingerprint density at radius 3 is 1.74 bits per heavy atom. The average molecular weight is 655 g/mol. The van der Waals surface area contributed by atoms with E-state index >= 15 is 0 Å². The van der Waals surface area contributed by atoms with Gasteiger partial charge in [0.25, 0.3) is 0 Å². The summed E-state index contributed by atoms with van der Waals surface area (Å²) in [6.07, 6.45) is 4.69. The van der Waals surface area contributed by atoms with Gasteiger partial charge in [-0.15, -0.1) is 0 Å². The molecule has 46 heavy (non-hydrogen) atoms. The van der Waals surface area contributed by atoms with Gasteiger partial charge < -0.3 is 50.7 Å². The normalized spacial score (nSPS) is 38.6. The SMILES string of the molecule is CCCCCC(O)C1C(=O)OC(C)C(O)/C=C/C=C/C=C/C=C/C=C(/C)C(O)CC(O)CC(O)CC(O)CC(O)CC(O)CC1O. The maximum absolute atomic E-state index is 13.1. The number of hydrogen-bond donors (Lipinski definition) is 9. The maximum atomic E-state index is 13.1. The van der Waals surface area contributed by atoms with Crippen molar-refractivity contribution >= 4 is 5.97 Å².